The average molecular weight is 555 g/mol. The van der Waals surface area contributed by atoms with Gasteiger partial charge in [-0.3, -0.25) is 14.5 Å². The fourth-order valence-corrected chi connectivity index (χ4v) is 5.11. The van der Waals surface area contributed by atoms with Crippen LogP contribution < -0.4 is 15.1 Å². The Labute approximate surface area is 241 Å². The predicted molar refractivity (Wildman–Crippen MR) is 161 cm³/mol. The van der Waals surface area contributed by atoms with Gasteiger partial charge in [-0.25, -0.2) is 4.68 Å². The Hall–Kier alpha value is -4.24. The summed E-state index contributed by atoms with van der Waals surface area (Å²) in [7, 11) is 0. The van der Waals surface area contributed by atoms with Gasteiger partial charge in [0.15, 0.2) is 0 Å². The number of nitrogens with one attached hydrogen (secondary N) is 1. The van der Waals surface area contributed by atoms with Crippen LogP contribution in [0.3, 0.4) is 0 Å². The number of aryl methyl sites for hydroxylation is 1. The Kier molecular flexibility index (Phi) is 8.35. The third-order valence-corrected chi connectivity index (χ3v) is 7.19. The molecule has 1 aliphatic heterocycles. The molecule has 3 aromatic carbocycles. The number of amides is 2. The number of rotatable bonds is 8. The van der Waals surface area contributed by atoms with E-state index in [1.54, 1.807) is 9.58 Å². The third kappa shape index (κ3) is 6.57. The Morgan fingerprint density at radius 3 is 2.32 bits per heavy atom. The van der Waals surface area contributed by atoms with E-state index in [0.29, 0.717) is 24.4 Å². The van der Waals surface area contributed by atoms with Gasteiger partial charge in [0.25, 0.3) is 0 Å². The molecule has 214 valence electrons. The summed E-state index contributed by atoms with van der Waals surface area (Å²) >= 11 is 0. The fraction of sp³-hybridized carbons (Fsp3) is 0.375. The summed E-state index contributed by atoms with van der Waals surface area (Å²) in [5, 5.41) is 11.6. The number of ether oxygens (including phenoxy) is 1. The molecule has 41 heavy (non-hydrogen) atoms. The lowest BCUT2D eigenvalue weighted by Crippen LogP contribution is -2.50. The van der Waals surface area contributed by atoms with Crippen LogP contribution in [0.2, 0.25) is 0 Å². The molecule has 2 heterocycles. The Bertz CT molecular complexity index is 1480. The van der Waals surface area contributed by atoms with Gasteiger partial charge in [-0.15, -0.1) is 5.10 Å². The van der Waals surface area contributed by atoms with Crippen LogP contribution in [0.15, 0.2) is 72.8 Å². The zero-order valence-corrected chi connectivity index (χ0v) is 24.2. The SMILES string of the molecule is CCc1ccc(N(C(=O)Cn2nnc3ccccc32)C(C(=O)NC(C)(C)C)c2ccc(N3CCOCC3)cc2)cc1. The molecule has 5 rings (SSSR count). The van der Waals surface area contributed by atoms with Crippen molar-refractivity contribution in [1.82, 2.24) is 20.3 Å². The molecule has 9 heteroatoms. The fourth-order valence-electron chi connectivity index (χ4n) is 5.11. The average Bonchev–Trinajstić information content (AvgIpc) is 3.38. The molecule has 2 amide bonds. The van der Waals surface area contributed by atoms with Gasteiger partial charge in [0.05, 0.1) is 18.7 Å². The lowest BCUT2D eigenvalue weighted by molar-refractivity contribution is -0.128. The van der Waals surface area contributed by atoms with Gasteiger partial charge in [0.2, 0.25) is 11.8 Å². The molecular formula is C32H38N6O3. The van der Waals surface area contributed by atoms with Gasteiger partial charge >= 0.3 is 0 Å². The Morgan fingerprint density at radius 1 is 0.976 bits per heavy atom. The van der Waals surface area contributed by atoms with Crippen molar-refractivity contribution in [1.29, 1.82) is 0 Å². The first-order valence-electron chi connectivity index (χ1n) is 14.2. The topological polar surface area (TPSA) is 92.6 Å². The molecule has 1 aromatic heterocycles. The number of fused-ring (bicyclic) bond motifs is 1. The molecule has 4 aromatic rings. The molecule has 1 saturated heterocycles. The van der Waals surface area contributed by atoms with Gasteiger partial charge in [0, 0.05) is 30.0 Å². The standard InChI is InChI=1S/C32H38N6O3/c1-5-23-10-14-26(15-11-23)38(29(39)22-37-28-9-7-6-8-27(28)34-35-37)30(31(40)33-32(2,3)4)24-12-16-25(17-13-24)36-18-20-41-21-19-36/h6-17,30H,5,18-22H2,1-4H3,(H,33,40). The largest absolute Gasteiger partial charge is 0.378 e. The number of benzene rings is 3. The molecule has 0 saturated carbocycles. The number of para-hydroxylation sites is 1. The van der Waals surface area contributed by atoms with E-state index in [-0.39, 0.29) is 18.4 Å². The third-order valence-electron chi connectivity index (χ3n) is 7.19. The minimum absolute atomic E-state index is 0.0683. The number of anilines is 2. The van der Waals surface area contributed by atoms with Crippen molar-refractivity contribution >= 4 is 34.2 Å². The van der Waals surface area contributed by atoms with E-state index >= 15 is 0 Å². The number of aromatic nitrogens is 3. The second-order valence-corrected chi connectivity index (χ2v) is 11.4. The van der Waals surface area contributed by atoms with Gasteiger partial charge < -0.3 is 15.0 Å². The molecule has 1 N–H and O–H groups in total. The zero-order chi connectivity index (χ0) is 29.0. The number of nitrogens with zero attached hydrogens (tertiary/aromatic N) is 5. The van der Waals surface area contributed by atoms with Crippen molar-refractivity contribution in [2.24, 2.45) is 0 Å². The van der Waals surface area contributed by atoms with Crippen LogP contribution in [0.25, 0.3) is 11.0 Å². The highest BCUT2D eigenvalue weighted by Gasteiger charge is 2.35. The van der Waals surface area contributed by atoms with Crippen molar-refractivity contribution in [2.45, 2.75) is 52.2 Å². The highest BCUT2D eigenvalue weighted by Crippen LogP contribution is 2.31. The number of morpholine rings is 1. The maximum atomic E-state index is 14.2. The molecular weight excluding hydrogens is 516 g/mol. The van der Waals surface area contributed by atoms with Crippen molar-refractivity contribution in [3.8, 4) is 0 Å². The minimum atomic E-state index is -0.900. The highest BCUT2D eigenvalue weighted by atomic mass is 16.5. The van der Waals surface area contributed by atoms with Gasteiger partial charge in [-0.05, 0) is 74.7 Å². The second kappa shape index (κ2) is 12.1. The normalized spacial score (nSPS) is 14.6. The van der Waals surface area contributed by atoms with Crippen molar-refractivity contribution in [3.63, 3.8) is 0 Å². The number of carbonyl (C=O) groups is 2. The van der Waals surface area contributed by atoms with E-state index in [2.05, 4.69) is 27.5 Å². The van der Waals surface area contributed by atoms with E-state index in [4.69, 9.17) is 4.74 Å². The summed E-state index contributed by atoms with van der Waals surface area (Å²) in [6.45, 7) is 10.8. The van der Waals surface area contributed by atoms with Gasteiger partial charge in [0.1, 0.15) is 18.1 Å². The van der Waals surface area contributed by atoms with Gasteiger partial charge in [-0.2, -0.15) is 0 Å². The molecule has 0 radical (unpaired) electrons. The number of carbonyl (C=O) groups excluding carboxylic acids is 2. The summed E-state index contributed by atoms with van der Waals surface area (Å²) in [6.07, 6.45) is 0.871. The first kappa shape index (κ1) is 28.3. The number of hydrogen-bond donors (Lipinski definition) is 1. The van der Waals surface area contributed by atoms with E-state index in [0.717, 1.165) is 41.8 Å². The maximum absolute atomic E-state index is 14.2. The summed E-state index contributed by atoms with van der Waals surface area (Å²) < 4.78 is 7.09. The molecule has 9 nitrogen and oxygen atoms in total. The quantitative estimate of drug-likeness (QED) is 0.344. The Morgan fingerprint density at radius 2 is 1.66 bits per heavy atom. The summed E-state index contributed by atoms with van der Waals surface area (Å²) in [5.74, 6) is -0.524. The van der Waals surface area contributed by atoms with Crippen LogP contribution in [0.5, 0.6) is 0 Å². The van der Waals surface area contributed by atoms with Crippen LogP contribution in [0, 0.1) is 0 Å². The van der Waals surface area contributed by atoms with E-state index in [1.807, 2.05) is 93.6 Å². The van der Waals surface area contributed by atoms with Crippen LogP contribution in [-0.4, -0.2) is 58.7 Å². The van der Waals surface area contributed by atoms with Crippen LogP contribution >= 0.6 is 0 Å². The van der Waals surface area contributed by atoms with Crippen molar-refractivity contribution in [2.75, 3.05) is 36.1 Å². The summed E-state index contributed by atoms with van der Waals surface area (Å²) in [6, 6.07) is 22.4. The van der Waals surface area contributed by atoms with Gasteiger partial charge in [-0.1, -0.05) is 48.5 Å². The smallest absolute Gasteiger partial charge is 0.249 e. The Balaban J connectivity index is 1.56. The molecule has 1 unspecified atom stereocenters. The van der Waals surface area contributed by atoms with E-state index in [1.165, 1.54) is 0 Å². The van der Waals surface area contributed by atoms with Crippen molar-refractivity contribution in [3.05, 3.63) is 83.9 Å². The van der Waals surface area contributed by atoms with Crippen LogP contribution in [0.4, 0.5) is 11.4 Å². The maximum Gasteiger partial charge on any atom is 0.249 e. The second-order valence-electron chi connectivity index (χ2n) is 11.4. The molecule has 0 aliphatic carbocycles. The zero-order valence-electron chi connectivity index (χ0n) is 24.2. The monoisotopic (exact) mass is 554 g/mol. The minimum Gasteiger partial charge on any atom is -0.378 e. The van der Waals surface area contributed by atoms with Crippen molar-refractivity contribution < 1.29 is 14.3 Å². The lowest BCUT2D eigenvalue weighted by Gasteiger charge is -2.34. The molecule has 1 aliphatic rings. The molecule has 0 spiro atoms. The first-order valence-corrected chi connectivity index (χ1v) is 14.2. The molecule has 0 bridgehead atoms. The first-order chi connectivity index (χ1) is 19.7. The summed E-state index contributed by atoms with van der Waals surface area (Å²) in [4.78, 5) is 32.1. The van der Waals surface area contributed by atoms with Crippen LogP contribution in [0.1, 0.15) is 44.9 Å². The molecule has 1 fully saturated rings. The predicted octanol–water partition coefficient (Wildman–Crippen LogP) is 4.52. The molecule has 1 atom stereocenters. The number of hydrogen-bond acceptors (Lipinski definition) is 6. The van der Waals surface area contributed by atoms with Crippen LogP contribution in [-0.2, 0) is 27.3 Å². The lowest BCUT2D eigenvalue weighted by atomic mass is 9.99. The van der Waals surface area contributed by atoms with E-state index in [9.17, 15) is 9.59 Å². The van der Waals surface area contributed by atoms with E-state index < -0.39 is 11.6 Å². The highest BCUT2D eigenvalue weighted by molar-refractivity contribution is 6.01. The summed E-state index contributed by atoms with van der Waals surface area (Å²) in [5.41, 5.74) is 4.54.